The van der Waals surface area contributed by atoms with Crippen LogP contribution in [0.5, 0.6) is 0 Å². The molecule has 0 atom stereocenters. The molecule has 4 heteroatoms. The van der Waals surface area contributed by atoms with Gasteiger partial charge in [-0.15, -0.1) is 10.2 Å². The third-order valence-electron chi connectivity index (χ3n) is 2.05. The van der Waals surface area contributed by atoms with E-state index in [0.29, 0.717) is 16.3 Å². The van der Waals surface area contributed by atoms with Crippen molar-refractivity contribution in [3.63, 3.8) is 0 Å². The van der Waals surface area contributed by atoms with Gasteiger partial charge in [-0.25, -0.2) is 0 Å². The third kappa shape index (κ3) is 1.36. The summed E-state index contributed by atoms with van der Waals surface area (Å²) >= 11 is 5.97. The Morgan fingerprint density at radius 3 is 2.50 bits per heavy atom. The maximum atomic E-state index is 11.1. The molecule has 1 aromatic rings. The van der Waals surface area contributed by atoms with Gasteiger partial charge in [-0.3, -0.25) is 4.79 Å². The first kappa shape index (κ1) is 9.09. The van der Waals surface area contributed by atoms with Crippen molar-refractivity contribution in [2.45, 2.75) is 6.92 Å². The van der Waals surface area contributed by atoms with Gasteiger partial charge < -0.3 is 0 Å². The molecule has 1 aliphatic heterocycles. The molecule has 14 heavy (non-hydrogen) atoms. The van der Waals surface area contributed by atoms with Gasteiger partial charge in [-0.05, 0) is 13.0 Å². The van der Waals surface area contributed by atoms with Crippen molar-refractivity contribution < 1.29 is 4.79 Å². The molecule has 0 saturated heterocycles. The van der Waals surface area contributed by atoms with E-state index >= 15 is 0 Å². The van der Waals surface area contributed by atoms with E-state index in [-0.39, 0.29) is 5.91 Å². The van der Waals surface area contributed by atoms with Gasteiger partial charge in [-0.2, -0.15) is 0 Å². The maximum Gasteiger partial charge on any atom is 0.293 e. The van der Waals surface area contributed by atoms with Crippen molar-refractivity contribution in [2.75, 3.05) is 0 Å². The molecule has 0 unspecified atom stereocenters. The SMILES string of the molecule is CC1=C(c2ccccc2Cl)N=NC1=O. The maximum absolute atomic E-state index is 11.1. The Kier molecular flexibility index (Phi) is 2.17. The lowest BCUT2D eigenvalue weighted by Crippen LogP contribution is -1.91. The van der Waals surface area contributed by atoms with E-state index < -0.39 is 0 Å². The van der Waals surface area contributed by atoms with Gasteiger partial charge in [-0.1, -0.05) is 29.8 Å². The molecule has 0 radical (unpaired) electrons. The number of rotatable bonds is 1. The molecular weight excluding hydrogens is 200 g/mol. The summed E-state index contributed by atoms with van der Waals surface area (Å²) in [6, 6.07) is 7.25. The average molecular weight is 207 g/mol. The first-order valence-corrected chi connectivity index (χ1v) is 4.50. The van der Waals surface area contributed by atoms with Crippen molar-refractivity contribution in [3.8, 4) is 0 Å². The largest absolute Gasteiger partial charge is 0.293 e. The van der Waals surface area contributed by atoms with Crippen LogP contribution in [0.4, 0.5) is 0 Å². The highest BCUT2D eigenvalue weighted by Crippen LogP contribution is 2.30. The molecule has 70 valence electrons. The average Bonchev–Trinajstić information content (AvgIpc) is 2.49. The summed E-state index contributed by atoms with van der Waals surface area (Å²) in [6.07, 6.45) is 0. The lowest BCUT2D eigenvalue weighted by molar-refractivity contribution is -0.114. The Balaban J connectivity index is 2.57. The van der Waals surface area contributed by atoms with Crippen LogP contribution in [0.3, 0.4) is 0 Å². The minimum Gasteiger partial charge on any atom is -0.265 e. The molecule has 1 amide bonds. The molecule has 0 bridgehead atoms. The van der Waals surface area contributed by atoms with E-state index in [9.17, 15) is 4.79 Å². The number of hydrogen-bond acceptors (Lipinski definition) is 2. The van der Waals surface area contributed by atoms with E-state index in [2.05, 4.69) is 10.2 Å². The molecular formula is C10H7ClN2O. The fourth-order valence-corrected chi connectivity index (χ4v) is 1.48. The molecule has 0 spiro atoms. The molecule has 1 aliphatic rings. The van der Waals surface area contributed by atoms with Crippen molar-refractivity contribution in [3.05, 3.63) is 40.4 Å². The van der Waals surface area contributed by atoms with Crippen molar-refractivity contribution in [1.29, 1.82) is 0 Å². The number of hydrogen-bond donors (Lipinski definition) is 0. The molecule has 3 nitrogen and oxygen atoms in total. The fourth-order valence-electron chi connectivity index (χ4n) is 1.26. The van der Waals surface area contributed by atoms with Gasteiger partial charge in [0.05, 0.1) is 5.02 Å². The summed E-state index contributed by atoms with van der Waals surface area (Å²) in [7, 11) is 0. The number of carbonyl (C=O) groups excluding carboxylic acids is 1. The molecule has 0 saturated carbocycles. The van der Waals surface area contributed by atoms with Gasteiger partial charge in [0.1, 0.15) is 5.70 Å². The van der Waals surface area contributed by atoms with E-state index in [1.807, 2.05) is 18.2 Å². The summed E-state index contributed by atoms with van der Waals surface area (Å²) in [4.78, 5) is 11.1. The van der Waals surface area contributed by atoms with Gasteiger partial charge >= 0.3 is 0 Å². The van der Waals surface area contributed by atoms with Crippen LogP contribution >= 0.6 is 11.6 Å². The number of amides is 1. The Hall–Kier alpha value is -1.48. The number of benzene rings is 1. The van der Waals surface area contributed by atoms with Crippen molar-refractivity contribution >= 4 is 23.2 Å². The summed E-state index contributed by atoms with van der Waals surface area (Å²) in [5.74, 6) is -0.292. The minimum atomic E-state index is -0.292. The molecule has 0 aromatic heterocycles. The van der Waals surface area contributed by atoms with Crippen LogP contribution in [-0.4, -0.2) is 5.91 Å². The topological polar surface area (TPSA) is 41.8 Å². The monoisotopic (exact) mass is 206 g/mol. The molecule has 2 rings (SSSR count). The summed E-state index contributed by atoms with van der Waals surface area (Å²) in [5.41, 5.74) is 1.86. The first-order chi connectivity index (χ1) is 6.70. The Morgan fingerprint density at radius 1 is 1.21 bits per heavy atom. The predicted molar refractivity (Wildman–Crippen MR) is 53.9 cm³/mol. The Bertz CT molecular complexity index is 463. The highest BCUT2D eigenvalue weighted by Gasteiger charge is 2.19. The quantitative estimate of drug-likeness (QED) is 0.696. The molecule has 0 N–H and O–H groups in total. The normalized spacial score (nSPS) is 15.4. The van der Waals surface area contributed by atoms with Crippen LogP contribution < -0.4 is 0 Å². The zero-order valence-corrected chi connectivity index (χ0v) is 8.25. The highest BCUT2D eigenvalue weighted by molar-refractivity contribution is 6.32. The fraction of sp³-hybridized carbons (Fsp3) is 0.100. The summed E-state index contributed by atoms with van der Waals surface area (Å²) < 4.78 is 0. The van der Waals surface area contributed by atoms with Crippen LogP contribution in [0.2, 0.25) is 5.02 Å². The van der Waals surface area contributed by atoms with Crippen LogP contribution in [0, 0.1) is 0 Å². The van der Waals surface area contributed by atoms with Gasteiger partial charge in [0, 0.05) is 11.1 Å². The molecule has 1 heterocycles. The van der Waals surface area contributed by atoms with E-state index in [1.54, 1.807) is 13.0 Å². The second-order valence-corrected chi connectivity index (χ2v) is 3.37. The van der Waals surface area contributed by atoms with Crippen LogP contribution in [0.15, 0.2) is 40.1 Å². The van der Waals surface area contributed by atoms with E-state index in [4.69, 9.17) is 11.6 Å². The van der Waals surface area contributed by atoms with Crippen LogP contribution in [0.25, 0.3) is 5.70 Å². The van der Waals surface area contributed by atoms with Crippen LogP contribution in [0.1, 0.15) is 12.5 Å². The summed E-state index contributed by atoms with van der Waals surface area (Å²) in [6.45, 7) is 1.70. The standard InChI is InChI=1S/C10H7ClN2O/c1-6-9(12-13-10(6)14)7-4-2-3-5-8(7)11/h2-5H,1H3. The van der Waals surface area contributed by atoms with E-state index in [1.165, 1.54) is 0 Å². The van der Waals surface area contributed by atoms with Crippen molar-refractivity contribution in [2.24, 2.45) is 10.2 Å². The third-order valence-corrected chi connectivity index (χ3v) is 2.38. The number of carbonyl (C=O) groups is 1. The second kappa shape index (κ2) is 3.35. The van der Waals surface area contributed by atoms with Crippen LogP contribution in [-0.2, 0) is 4.79 Å². The van der Waals surface area contributed by atoms with E-state index in [0.717, 1.165) is 5.56 Å². The highest BCUT2D eigenvalue weighted by atomic mass is 35.5. The lowest BCUT2D eigenvalue weighted by atomic mass is 10.1. The summed E-state index contributed by atoms with van der Waals surface area (Å²) in [5, 5.41) is 7.85. The molecule has 0 aliphatic carbocycles. The zero-order valence-electron chi connectivity index (χ0n) is 7.49. The van der Waals surface area contributed by atoms with Crippen molar-refractivity contribution in [1.82, 2.24) is 0 Å². The predicted octanol–water partition coefficient (Wildman–Crippen LogP) is 3.06. The minimum absolute atomic E-state index is 0.292. The zero-order chi connectivity index (χ0) is 10.1. The molecule has 0 fully saturated rings. The van der Waals surface area contributed by atoms with Gasteiger partial charge in [0.2, 0.25) is 0 Å². The number of azo groups is 1. The van der Waals surface area contributed by atoms with Gasteiger partial charge in [0.15, 0.2) is 0 Å². The number of nitrogens with zero attached hydrogens (tertiary/aromatic N) is 2. The second-order valence-electron chi connectivity index (χ2n) is 2.96. The smallest absolute Gasteiger partial charge is 0.265 e. The number of halogens is 1. The Morgan fingerprint density at radius 2 is 1.93 bits per heavy atom. The van der Waals surface area contributed by atoms with Gasteiger partial charge in [0.25, 0.3) is 5.91 Å². The first-order valence-electron chi connectivity index (χ1n) is 4.12. The lowest BCUT2D eigenvalue weighted by Gasteiger charge is -2.01. The Labute approximate surface area is 86.1 Å². The molecule has 1 aromatic carbocycles.